The molecule has 1 aromatic carbocycles. The number of ketones is 1. The quantitative estimate of drug-likeness (QED) is 0.363. The zero-order valence-corrected chi connectivity index (χ0v) is 15.7. The molecule has 8 nitrogen and oxygen atoms in total. The Morgan fingerprint density at radius 2 is 1.96 bits per heavy atom. The average molecular weight is 377 g/mol. The van der Waals surface area contributed by atoms with Gasteiger partial charge < -0.3 is 25.7 Å². The van der Waals surface area contributed by atoms with Gasteiger partial charge >= 0.3 is 0 Å². The number of hydrogen-bond acceptors (Lipinski definition) is 6. The van der Waals surface area contributed by atoms with Gasteiger partial charge in [-0.3, -0.25) is 14.4 Å². The third-order valence-corrected chi connectivity index (χ3v) is 4.61. The first-order valence-electron chi connectivity index (χ1n) is 9.09. The highest BCUT2D eigenvalue weighted by Crippen LogP contribution is 2.26. The molecule has 2 rings (SSSR count). The lowest BCUT2D eigenvalue weighted by atomic mass is 9.97. The van der Waals surface area contributed by atoms with Gasteiger partial charge in [0.15, 0.2) is 11.5 Å². The number of aromatic hydroxyl groups is 2. The first kappa shape index (κ1) is 20.7. The van der Waals surface area contributed by atoms with Gasteiger partial charge in [0.25, 0.3) is 0 Å². The molecule has 0 saturated carbocycles. The maximum atomic E-state index is 12.8. The lowest BCUT2D eigenvalue weighted by molar-refractivity contribution is -0.151. The second-order valence-corrected chi connectivity index (χ2v) is 6.87. The first-order valence-corrected chi connectivity index (χ1v) is 9.09. The Kier molecular flexibility index (Phi) is 7.18. The third-order valence-electron chi connectivity index (χ3n) is 4.61. The molecule has 1 aliphatic heterocycles. The van der Waals surface area contributed by atoms with Crippen molar-refractivity contribution < 1.29 is 24.6 Å². The predicted molar refractivity (Wildman–Crippen MR) is 99.4 cm³/mol. The van der Waals surface area contributed by atoms with Crippen LogP contribution in [0.25, 0.3) is 0 Å². The lowest BCUT2D eigenvalue weighted by Gasteiger charge is -2.38. The highest BCUT2D eigenvalue weighted by molar-refractivity contribution is 5.99. The van der Waals surface area contributed by atoms with Gasteiger partial charge in [0.1, 0.15) is 17.9 Å². The molecule has 2 atom stereocenters. The molecule has 1 fully saturated rings. The first-order chi connectivity index (χ1) is 12.8. The van der Waals surface area contributed by atoms with Crippen molar-refractivity contribution in [3.63, 3.8) is 0 Å². The summed E-state index contributed by atoms with van der Waals surface area (Å²) in [6.45, 7) is 2.08. The summed E-state index contributed by atoms with van der Waals surface area (Å²) in [4.78, 5) is 38.5. The van der Waals surface area contributed by atoms with Crippen molar-refractivity contribution in [2.24, 2.45) is 0 Å². The van der Waals surface area contributed by atoms with Crippen LogP contribution in [0.15, 0.2) is 18.2 Å². The molecule has 0 aromatic heterocycles. The van der Waals surface area contributed by atoms with E-state index in [1.807, 2.05) is 7.05 Å². The van der Waals surface area contributed by atoms with E-state index in [0.717, 1.165) is 19.4 Å². The van der Waals surface area contributed by atoms with E-state index in [2.05, 4.69) is 10.6 Å². The van der Waals surface area contributed by atoms with Crippen LogP contribution in [-0.2, 0) is 20.8 Å². The molecule has 0 radical (unpaired) electrons. The molecule has 1 heterocycles. The Hall–Kier alpha value is -2.61. The fourth-order valence-corrected chi connectivity index (χ4v) is 3.22. The summed E-state index contributed by atoms with van der Waals surface area (Å²) in [6.07, 6.45) is 2.33. The van der Waals surface area contributed by atoms with Crippen LogP contribution >= 0.6 is 0 Å². The minimum atomic E-state index is -0.834. The van der Waals surface area contributed by atoms with Crippen LogP contribution in [0.5, 0.6) is 11.5 Å². The molecular formula is C19H27N3O5. The second kappa shape index (κ2) is 9.36. The summed E-state index contributed by atoms with van der Waals surface area (Å²) >= 11 is 0. The number of phenols is 2. The van der Waals surface area contributed by atoms with E-state index >= 15 is 0 Å². The summed E-state index contributed by atoms with van der Waals surface area (Å²) < 4.78 is 0. The van der Waals surface area contributed by atoms with Gasteiger partial charge in [0.05, 0.1) is 6.54 Å². The SMILES string of the molecule is CNCCCCC1NC(=O)C(Cc2ccc(O)c(O)c2)N(CC(C)=O)C1=O. The van der Waals surface area contributed by atoms with Crippen molar-refractivity contribution in [3.05, 3.63) is 23.8 Å². The van der Waals surface area contributed by atoms with E-state index in [4.69, 9.17) is 0 Å². The van der Waals surface area contributed by atoms with E-state index < -0.39 is 12.1 Å². The van der Waals surface area contributed by atoms with Gasteiger partial charge in [-0.2, -0.15) is 0 Å². The number of carbonyl (C=O) groups is 3. The van der Waals surface area contributed by atoms with Crippen LogP contribution in [0.1, 0.15) is 31.7 Å². The minimum absolute atomic E-state index is 0.131. The molecule has 2 unspecified atom stereocenters. The number of nitrogens with zero attached hydrogens (tertiary/aromatic N) is 1. The van der Waals surface area contributed by atoms with Crippen molar-refractivity contribution in [1.29, 1.82) is 0 Å². The molecular weight excluding hydrogens is 350 g/mol. The number of piperazine rings is 1. The highest BCUT2D eigenvalue weighted by atomic mass is 16.3. The zero-order chi connectivity index (χ0) is 20.0. The number of hydrogen-bond donors (Lipinski definition) is 4. The third kappa shape index (κ3) is 5.43. The molecule has 2 amide bonds. The van der Waals surface area contributed by atoms with Crippen LogP contribution in [0.4, 0.5) is 0 Å². The number of unbranched alkanes of at least 4 members (excludes halogenated alkanes) is 1. The molecule has 0 aliphatic carbocycles. The smallest absolute Gasteiger partial charge is 0.246 e. The minimum Gasteiger partial charge on any atom is -0.504 e. The lowest BCUT2D eigenvalue weighted by Crippen LogP contribution is -2.64. The maximum Gasteiger partial charge on any atom is 0.246 e. The predicted octanol–water partition coefficient (Wildman–Crippen LogP) is 0.315. The van der Waals surface area contributed by atoms with Crippen LogP contribution in [0.3, 0.4) is 0 Å². The molecule has 0 bridgehead atoms. The number of amides is 2. The van der Waals surface area contributed by atoms with E-state index in [1.54, 1.807) is 6.07 Å². The Bertz CT molecular complexity index is 707. The van der Waals surface area contributed by atoms with Crippen LogP contribution < -0.4 is 10.6 Å². The standard InChI is InChI=1S/C19H27N3O5/c1-12(23)11-22-15(9-13-6-7-16(24)17(25)10-13)18(26)21-14(19(22)27)5-3-4-8-20-2/h6-7,10,14-15,20,24-25H,3-5,8-9,11H2,1-2H3,(H,21,26). The van der Waals surface area contributed by atoms with Gasteiger partial charge in [0.2, 0.25) is 11.8 Å². The molecule has 8 heteroatoms. The van der Waals surface area contributed by atoms with E-state index in [1.165, 1.54) is 24.0 Å². The van der Waals surface area contributed by atoms with Crippen LogP contribution in [0.2, 0.25) is 0 Å². The maximum absolute atomic E-state index is 12.8. The summed E-state index contributed by atoms with van der Waals surface area (Å²) in [7, 11) is 1.86. The van der Waals surface area contributed by atoms with Crippen molar-refractivity contribution in [3.8, 4) is 11.5 Å². The number of carbonyl (C=O) groups excluding carboxylic acids is 3. The fourth-order valence-electron chi connectivity index (χ4n) is 3.22. The molecule has 0 spiro atoms. The number of phenolic OH excluding ortho intramolecular Hbond substituents is 2. The summed E-state index contributed by atoms with van der Waals surface area (Å²) in [5.74, 6) is -1.34. The van der Waals surface area contributed by atoms with E-state index in [-0.39, 0.29) is 42.1 Å². The number of benzene rings is 1. The Labute approximate surface area is 158 Å². The number of nitrogens with one attached hydrogen (secondary N) is 2. The van der Waals surface area contributed by atoms with Crippen molar-refractivity contribution >= 4 is 17.6 Å². The largest absolute Gasteiger partial charge is 0.504 e. The molecule has 1 aliphatic rings. The molecule has 27 heavy (non-hydrogen) atoms. The molecule has 148 valence electrons. The molecule has 1 aromatic rings. The second-order valence-electron chi connectivity index (χ2n) is 6.87. The Balaban J connectivity index is 2.15. The van der Waals surface area contributed by atoms with E-state index in [0.29, 0.717) is 12.0 Å². The summed E-state index contributed by atoms with van der Waals surface area (Å²) in [5, 5.41) is 24.9. The highest BCUT2D eigenvalue weighted by Gasteiger charge is 2.40. The van der Waals surface area contributed by atoms with Crippen LogP contribution in [0, 0.1) is 0 Å². The normalized spacial score (nSPS) is 19.9. The fraction of sp³-hybridized carbons (Fsp3) is 0.526. The van der Waals surface area contributed by atoms with Crippen LogP contribution in [-0.4, -0.2) is 64.9 Å². The number of Topliss-reactive ketones (excluding diaryl/α,β-unsaturated/α-hetero) is 1. The zero-order valence-electron chi connectivity index (χ0n) is 15.7. The topological polar surface area (TPSA) is 119 Å². The van der Waals surface area contributed by atoms with Crippen molar-refractivity contribution in [1.82, 2.24) is 15.5 Å². The van der Waals surface area contributed by atoms with Gasteiger partial charge in [-0.15, -0.1) is 0 Å². The summed E-state index contributed by atoms with van der Waals surface area (Å²) in [6, 6.07) is 2.79. The van der Waals surface area contributed by atoms with Crippen molar-refractivity contribution in [2.45, 2.75) is 44.7 Å². The van der Waals surface area contributed by atoms with Gasteiger partial charge in [0, 0.05) is 6.42 Å². The van der Waals surface area contributed by atoms with Gasteiger partial charge in [-0.25, -0.2) is 0 Å². The van der Waals surface area contributed by atoms with E-state index in [9.17, 15) is 24.6 Å². The monoisotopic (exact) mass is 377 g/mol. The van der Waals surface area contributed by atoms with Gasteiger partial charge in [-0.05, 0) is 57.5 Å². The Morgan fingerprint density at radius 1 is 1.22 bits per heavy atom. The van der Waals surface area contributed by atoms with Crippen molar-refractivity contribution in [2.75, 3.05) is 20.1 Å². The molecule has 1 saturated heterocycles. The molecule has 4 N–H and O–H groups in total. The van der Waals surface area contributed by atoms with Gasteiger partial charge in [-0.1, -0.05) is 6.07 Å². The summed E-state index contributed by atoms with van der Waals surface area (Å²) in [5.41, 5.74) is 0.583. The number of rotatable bonds is 9. The average Bonchev–Trinajstić information content (AvgIpc) is 2.61. The Morgan fingerprint density at radius 3 is 2.59 bits per heavy atom.